The highest BCUT2D eigenvalue weighted by atomic mass is 19.0. The zero-order valence-electron chi connectivity index (χ0n) is 9.77. The van der Waals surface area contributed by atoms with E-state index in [9.17, 15) is 0 Å². The van der Waals surface area contributed by atoms with Crippen molar-refractivity contribution in [3.05, 3.63) is 0 Å². The Morgan fingerprint density at radius 1 is 0.769 bits per heavy atom. The lowest BCUT2D eigenvalue weighted by Gasteiger charge is -2.23. The number of halogens is 1. The SMILES string of the molecule is CCCCCCCC[N+](C)(C)C.[F-]. The van der Waals surface area contributed by atoms with E-state index in [4.69, 9.17) is 0 Å². The molecule has 0 N–H and O–H groups in total. The van der Waals surface area contributed by atoms with Crippen LogP contribution in [0, 0.1) is 0 Å². The first-order valence-corrected chi connectivity index (χ1v) is 5.36. The molecule has 0 spiro atoms. The second-order valence-corrected chi connectivity index (χ2v) is 4.78. The minimum absolute atomic E-state index is 0. The summed E-state index contributed by atoms with van der Waals surface area (Å²) in [6.45, 7) is 3.60. The molecule has 2 heteroatoms. The van der Waals surface area contributed by atoms with Gasteiger partial charge in [-0.05, 0) is 12.8 Å². The van der Waals surface area contributed by atoms with Gasteiger partial charge in [0.2, 0.25) is 0 Å². The summed E-state index contributed by atoms with van der Waals surface area (Å²) >= 11 is 0. The highest BCUT2D eigenvalue weighted by molar-refractivity contribution is 4.42. The third-order valence-corrected chi connectivity index (χ3v) is 2.18. The molecule has 0 aliphatic heterocycles. The minimum Gasteiger partial charge on any atom is -1.00 e. The molecule has 0 saturated heterocycles. The van der Waals surface area contributed by atoms with Crippen LogP contribution in [0.15, 0.2) is 0 Å². The fourth-order valence-corrected chi connectivity index (χ4v) is 1.37. The first kappa shape index (κ1) is 15.4. The third kappa shape index (κ3) is 14.7. The number of hydrogen-bond acceptors (Lipinski definition) is 0. The van der Waals surface area contributed by atoms with E-state index in [0.29, 0.717) is 0 Å². The Morgan fingerprint density at radius 3 is 1.69 bits per heavy atom. The lowest BCUT2D eigenvalue weighted by Crippen LogP contribution is -3.00. The van der Waals surface area contributed by atoms with Crippen molar-refractivity contribution in [2.75, 3.05) is 27.7 Å². The van der Waals surface area contributed by atoms with Gasteiger partial charge in [-0.25, -0.2) is 0 Å². The van der Waals surface area contributed by atoms with Crippen LogP contribution < -0.4 is 4.70 Å². The average Bonchev–Trinajstić information content (AvgIpc) is 1.94. The standard InChI is InChI=1S/C11H26N.FH/c1-5-6-7-8-9-10-11-12(2,3)4;/h5-11H2,1-4H3;1H/q+1;/p-1. The Bertz CT molecular complexity index is 96.8. The van der Waals surface area contributed by atoms with Crippen LogP contribution in [0.1, 0.15) is 45.4 Å². The van der Waals surface area contributed by atoms with Crippen LogP contribution in [0.3, 0.4) is 0 Å². The van der Waals surface area contributed by atoms with Crippen molar-refractivity contribution in [1.29, 1.82) is 0 Å². The zero-order chi connectivity index (χ0) is 9.45. The van der Waals surface area contributed by atoms with E-state index in [1.54, 1.807) is 0 Å². The fraction of sp³-hybridized carbons (Fsp3) is 1.00. The normalized spacial score (nSPS) is 11.1. The summed E-state index contributed by atoms with van der Waals surface area (Å²) in [5.74, 6) is 0. The average molecular weight is 191 g/mol. The highest BCUT2D eigenvalue weighted by Gasteiger charge is 2.04. The van der Waals surface area contributed by atoms with E-state index in [0.717, 1.165) is 4.48 Å². The van der Waals surface area contributed by atoms with E-state index in [2.05, 4.69) is 28.1 Å². The molecule has 1 nitrogen and oxygen atoms in total. The maximum Gasteiger partial charge on any atom is 0.0780 e. The maximum absolute atomic E-state index is 2.27. The fourth-order valence-electron chi connectivity index (χ4n) is 1.37. The van der Waals surface area contributed by atoms with Crippen LogP contribution in [-0.2, 0) is 0 Å². The quantitative estimate of drug-likeness (QED) is 0.394. The summed E-state index contributed by atoms with van der Waals surface area (Å²) in [5.41, 5.74) is 0. The van der Waals surface area contributed by atoms with Crippen molar-refractivity contribution in [1.82, 2.24) is 0 Å². The van der Waals surface area contributed by atoms with Crippen LogP contribution in [-0.4, -0.2) is 32.2 Å². The van der Waals surface area contributed by atoms with Crippen molar-refractivity contribution >= 4 is 0 Å². The van der Waals surface area contributed by atoms with Gasteiger partial charge in [-0.1, -0.05) is 32.6 Å². The number of quaternary nitrogens is 1. The molecule has 0 bridgehead atoms. The van der Waals surface area contributed by atoms with E-state index < -0.39 is 0 Å². The van der Waals surface area contributed by atoms with Crippen LogP contribution in [0.25, 0.3) is 0 Å². The summed E-state index contributed by atoms with van der Waals surface area (Å²) in [7, 11) is 6.81. The van der Waals surface area contributed by atoms with Gasteiger partial charge < -0.3 is 9.19 Å². The lowest BCUT2D eigenvalue weighted by atomic mass is 10.1. The Kier molecular flexibility index (Phi) is 10.0. The third-order valence-electron chi connectivity index (χ3n) is 2.18. The largest absolute Gasteiger partial charge is 1.00 e. The van der Waals surface area contributed by atoms with Crippen LogP contribution >= 0.6 is 0 Å². The monoisotopic (exact) mass is 191 g/mol. The van der Waals surface area contributed by atoms with Crippen LogP contribution in [0.5, 0.6) is 0 Å². The first-order valence-electron chi connectivity index (χ1n) is 5.36. The van der Waals surface area contributed by atoms with E-state index >= 15 is 0 Å². The predicted molar refractivity (Wildman–Crippen MR) is 56.3 cm³/mol. The van der Waals surface area contributed by atoms with Gasteiger partial charge in [-0.15, -0.1) is 0 Å². The van der Waals surface area contributed by atoms with Gasteiger partial charge >= 0.3 is 0 Å². The van der Waals surface area contributed by atoms with E-state index in [1.807, 2.05) is 0 Å². The maximum atomic E-state index is 2.27. The Balaban J connectivity index is 0. The molecule has 82 valence electrons. The summed E-state index contributed by atoms with van der Waals surface area (Å²) in [4.78, 5) is 0. The van der Waals surface area contributed by atoms with E-state index in [-0.39, 0.29) is 4.70 Å². The lowest BCUT2D eigenvalue weighted by molar-refractivity contribution is -0.870. The molecule has 0 unspecified atom stereocenters. The molecule has 0 aliphatic rings. The molecule has 0 atom stereocenters. The van der Waals surface area contributed by atoms with Gasteiger partial charge in [-0.3, -0.25) is 0 Å². The molecule has 0 aromatic heterocycles. The molecule has 0 aliphatic carbocycles. The van der Waals surface area contributed by atoms with Gasteiger partial charge in [0.15, 0.2) is 0 Å². The molecule has 0 radical (unpaired) electrons. The number of rotatable bonds is 7. The van der Waals surface area contributed by atoms with Crippen molar-refractivity contribution in [3.8, 4) is 0 Å². The van der Waals surface area contributed by atoms with Crippen LogP contribution in [0.2, 0.25) is 0 Å². The minimum atomic E-state index is 0. The first-order chi connectivity index (χ1) is 5.56. The Morgan fingerprint density at radius 2 is 1.23 bits per heavy atom. The van der Waals surface area contributed by atoms with Gasteiger partial charge in [0.1, 0.15) is 0 Å². The molecule has 0 saturated carbocycles. The summed E-state index contributed by atoms with van der Waals surface area (Å²) in [5, 5.41) is 0. The van der Waals surface area contributed by atoms with Gasteiger partial charge in [0, 0.05) is 0 Å². The predicted octanol–water partition coefficient (Wildman–Crippen LogP) is 0.0571. The molecule has 0 aromatic rings. The highest BCUT2D eigenvalue weighted by Crippen LogP contribution is 2.06. The molecule has 13 heavy (non-hydrogen) atoms. The van der Waals surface area contributed by atoms with E-state index in [1.165, 1.54) is 45.1 Å². The number of nitrogens with zero attached hydrogens (tertiary/aromatic N) is 1. The van der Waals surface area contributed by atoms with Crippen LogP contribution in [0.4, 0.5) is 0 Å². The van der Waals surface area contributed by atoms with Crippen molar-refractivity contribution in [3.63, 3.8) is 0 Å². The summed E-state index contributed by atoms with van der Waals surface area (Å²) < 4.78 is 1.12. The van der Waals surface area contributed by atoms with Crippen molar-refractivity contribution < 1.29 is 9.19 Å². The van der Waals surface area contributed by atoms with Crippen molar-refractivity contribution in [2.45, 2.75) is 45.4 Å². The molecular weight excluding hydrogens is 165 g/mol. The van der Waals surface area contributed by atoms with Gasteiger partial charge in [0.05, 0.1) is 27.7 Å². The smallest absolute Gasteiger partial charge is 0.0780 e. The topological polar surface area (TPSA) is 0 Å². The number of unbranched alkanes of at least 4 members (excludes halogenated alkanes) is 5. The summed E-state index contributed by atoms with van der Waals surface area (Å²) in [6, 6.07) is 0. The van der Waals surface area contributed by atoms with Crippen molar-refractivity contribution in [2.24, 2.45) is 0 Å². The van der Waals surface area contributed by atoms with Gasteiger partial charge in [0.25, 0.3) is 0 Å². The summed E-state index contributed by atoms with van der Waals surface area (Å²) in [6.07, 6.45) is 8.48. The molecular formula is C11H26FN. The molecule has 0 rings (SSSR count). The van der Waals surface area contributed by atoms with Gasteiger partial charge in [-0.2, -0.15) is 0 Å². The molecule has 0 aromatic carbocycles. The zero-order valence-corrected chi connectivity index (χ0v) is 9.77. The second kappa shape index (κ2) is 8.49. The molecule has 0 heterocycles. The molecule has 0 amide bonds. The molecule has 0 fully saturated rings. The Hall–Kier alpha value is -0.110. The second-order valence-electron chi connectivity index (χ2n) is 4.78. The Labute approximate surface area is 83.1 Å². The number of hydrogen-bond donors (Lipinski definition) is 0.